The minimum absolute atomic E-state index is 0.316. The van der Waals surface area contributed by atoms with Crippen molar-refractivity contribution in [2.75, 3.05) is 7.11 Å². The minimum Gasteiger partial charge on any atom is -0.465 e. The summed E-state index contributed by atoms with van der Waals surface area (Å²) in [6, 6.07) is 12.4. The second-order valence-corrected chi connectivity index (χ2v) is 5.85. The van der Waals surface area contributed by atoms with E-state index >= 15 is 0 Å². The summed E-state index contributed by atoms with van der Waals surface area (Å²) in [7, 11) is 1.42. The van der Waals surface area contributed by atoms with Crippen molar-refractivity contribution in [2.24, 2.45) is 0 Å². The van der Waals surface area contributed by atoms with Gasteiger partial charge in [-0.3, -0.25) is 0 Å². The Balaban J connectivity index is 2.59. The quantitative estimate of drug-likeness (QED) is 0.468. The van der Waals surface area contributed by atoms with Gasteiger partial charge >= 0.3 is 5.97 Å². The molecule has 2 aromatic rings. The molecule has 0 heterocycles. The Labute approximate surface area is 132 Å². The molecule has 0 aliphatic carbocycles. The molecule has 0 aliphatic heterocycles. The van der Waals surface area contributed by atoms with E-state index in [4.69, 9.17) is 4.74 Å². The van der Waals surface area contributed by atoms with Crippen molar-refractivity contribution in [2.45, 2.75) is 27.7 Å². The van der Waals surface area contributed by atoms with Crippen LogP contribution in [0.2, 0.25) is 0 Å². The Morgan fingerprint density at radius 1 is 0.818 bits per heavy atom. The molecule has 22 heavy (non-hydrogen) atoms. The van der Waals surface area contributed by atoms with E-state index in [9.17, 15) is 4.79 Å². The monoisotopic (exact) mass is 294 g/mol. The Morgan fingerprint density at radius 2 is 1.27 bits per heavy atom. The fourth-order valence-corrected chi connectivity index (χ4v) is 2.76. The molecule has 0 spiro atoms. The molecule has 0 N–H and O–H groups in total. The highest BCUT2D eigenvalue weighted by Gasteiger charge is 2.13. The number of esters is 1. The maximum absolute atomic E-state index is 12.2. The first-order valence-corrected chi connectivity index (χ1v) is 7.36. The highest BCUT2D eigenvalue weighted by Crippen LogP contribution is 2.23. The predicted molar refractivity (Wildman–Crippen MR) is 91.7 cm³/mol. The van der Waals surface area contributed by atoms with Gasteiger partial charge in [0.1, 0.15) is 0 Å². The summed E-state index contributed by atoms with van der Waals surface area (Å²) in [5, 5.41) is 0. The molecular weight excluding hydrogens is 272 g/mol. The molecule has 0 aromatic heterocycles. The van der Waals surface area contributed by atoms with Crippen LogP contribution in [0.3, 0.4) is 0 Å². The van der Waals surface area contributed by atoms with E-state index in [2.05, 4.69) is 38.1 Å². The molecule has 0 amide bonds. The summed E-state index contributed by atoms with van der Waals surface area (Å²) in [6.07, 6.45) is 1.90. The van der Waals surface area contributed by atoms with Crippen molar-refractivity contribution >= 4 is 17.6 Å². The topological polar surface area (TPSA) is 26.3 Å². The van der Waals surface area contributed by atoms with Crippen LogP contribution in [0.5, 0.6) is 0 Å². The first kappa shape index (κ1) is 16.0. The van der Waals surface area contributed by atoms with Crippen molar-refractivity contribution in [1.82, 2.24) is 0 Å². The number of hydrogen-bond donors (Lipinski definition) is 0. The van der Waals surface area contributed by atoms with Gasteiger partial charge in [0, 0.05) is 0 Å². The van der Waals surface area contributed by atoms with Crippen LogP contribution in [0.1, 0.15) is 33.4 Å². The summed E-state index contributed by atoms with van der Waals surface area (Å²) in [4.78, 5) is 12.2. The molecule has 0 bridgehead atoms. The number of benzene rings is 2. The highest BCUT2D eigenvalue weighted by atomic mass is 16.5. The third-order valence-corrected chi connectivity index (χ3v) is 3.49. The lowest BCUT2D eigenvalue weighted by molar-refractivity contribution is -0.133. The largest absolute Gasteiger partial charge is 0.465 e. The number of aryl methyl sites for hydroxylation is 4. The Morgan fingerprint density at radius 3 is 1.73 bits per heavy atom. The summed E-state index contributed by atoms with van der Waals surface area (Å²) in [5.41, 5.74) is 7.10. The first-order chi connectivity index (χ1) is 10.4. The maximum Gasteiger partial charge on any atom is 0.338 e. The average Bonchev–Trinajstić information content (AvgIpc) is 2.41. The molecule has 0 fully saturated rings. The number of rotatable bonds is 3. The van der Waals surface area contributed by atoms with Gasteiger partial charge in [-0.05, 0) is 44.9 Å². The van der Waals surface area contributed by atoms with Crippen molar-refractivity contribution < 1.29 is 9.53 Å². The SMILES string of the molecule is COC(=O)/C(=C/c1cc(C)cc(C)c1)c1cc(C)cc(C)c1. The van der Waals surface area contributed by atoms with Crippen molar-refractivity contribution in [3.05, 3.63) is 69.8 Å². The number of methoxy groups -OCH3 is 1. The Bertz CT molecular complexity index is 699. The van der Waals surface area contributed by atoms with Crippen LogP contribution < -0.4 is 0 Å². The van der Waals surface area contributed by atoms with Gasteiger partial charge < -0.3 is 4.74 Å². The first-order valence-electron chi connectivity index (χ1n) is 7.36. The molecule has 114 valence electrons. The van der Waals surface area contributed by atoms with Crippen molar-refractivity contribution in [1.29, 1.82) is 0 Å². The molecule has 2 rings (SSSR count). The number of ether oxygens (including phenoxy) is 1. The van der Waals surface area contributed by atoms with Crippen LogP contribution in [0.4, 0.5) is 0 Å². The smallest absolute Gasteiger partial charge is 0.338 e. The van der Waals surface area contributed by atoms with Crippen LogP contribution in [-0.4, -0.2) is 13.1 Å². The Kier molecular flexibility index (Phi) is 4.81. The van der Waals surface area contributed by atoms with Gasteiger partial charge in [0.05, 0.1) is 12.7 Å². The Hall–Kier alpha value is -2.35. The molecule has 2 nitrogen and oxygen atoms in total. The lowest BCUT2D eigenvalue weighted by Gasteiger charge is -2.09. The highest BCUT2D eigenvalue weighted by molar-refractivity contribution is 6.21. The summed E-state index contributed by atoms with van der Waals surface area (Å²) in [6.45, 7) is 8.17. The second kappa shape index (κ2) is 6.61. The van der Waals surface area contributed by atoms with E-state index < -0.39 is 0 Å². The molecule has 0 radical (unpaired) electrons. The molecule has 0 unspecified atom stereocenters. The van der Waals surface area contributed by atoms with Gasteiger partial charge in [0.15, 0.2) is 0 Å². The number of carbonyl (C=O) groups is 1. The zero-order valence-electron chi connectivity index (χ0n) is 13.9. The predicted octanol–water partition coefficient (Wildman–Crippen LogP) is 4.63. The summed E-state index contributed by atoms with van der Waals surface area (Å²) < 4.78 is 4.97. The van der Waals surface area contributed by atoms with E-state index in [1.165, 1.54) is 18.2 Å². The standard InChI is InChI=1S/C20H22O2/c1-13-6-14(2)9-17(8-13)12-19(20(21)22-5)18-10-15(3)7-16(4)11-18/h6-12H,1-5H3/b19-12+. The third kappa shape index (κ3) is 3.85. The van der Waals surface area contributed by atoms with Crippen LogP contribution in [0, 0.1) is 27.7 Å². The molecule has 0 saturated heterocycles. The van der Waals surface area contributed by atoms with Crippen LogP contribution in [-0.2, 0) is 9.53 Å². The van der Waals surface area contributed by atoms with E-state index in [1.54, 1.807) is 0 Å². The van der Waals surface area contributed by atoms with Crippen LogP contribution in [0.25, 0.3) is 11.6 Å². The number of carbonyl (C=O) groups excluding carboxylic acids is 1. The van der Waals surface area contributed by atoms with Gasteiger partial charge in [-0.1, -0.05) is 58.7 Å². The second-order valence-electron chi connectivity index (χ2n) is 5.85. The zero-order valence-corrected chi connectivity index (χ0v) is 13.9. The third-order valence-electron chi connectivity index (χ3n) is 3.49. The van der Waals surface area contributed by atoms with Crippen LogP contribution in [0.15, 0.2) is 36.4 Å². The molecule has 0 aliphatic rings. The van der Waals surface area contributed by atoms with Gasteiger partial charge in [-0.25, -0.2) is 4.79 Å². The van der Waals surface area contributed by atoms with Crippen molar-refractivity contribution in [3.63, 3.8) is 0 Å². The molecule has 2 heteroatoms. The lowest BCUT2D eigenvalue weighted by atomic mass is 9.97. The van der Waals surface area contributed by atoms with E-state index in [-0.39, 0.29) is 5.97 Å². The van der Waals surface area contributed by atoms with E-state index in [1.807, 2.05) is 32.1 Å². The maximum atomic E-state index is 12.2. The minimum atomic E-state index is -0.316. The normalized spacial score (nSPS) is 11.4. The molecule has 0 atom stereocenters. The summed E-state index contributed by atoms with van der Waals surface area (Å²) >= 11 is 0. The van der Waals surface area contributed by atoms with Gasteiger partial charge in [-0.2, -0.15) is 0 Å². The van der Waals surface area contributed by atoms with E-state index in [0.29, 0.717) is 5.57 Å². The fourth-order valence-electron chi connectivity index (χ4n) is 2.76. The molecule has 2 aromatic carbocycles. The van der Waals surface area contributed by atoms with E-state index in [0.717, 1.165) is 22.3 Å². The fraction of sp³-hybridized carbons (Fsp3) is 0.250. The van der Waals surface area contributed by atoms with Crippen molar-refractivity contribution in [3.8, 4) is 0 Å². The lowest BCUT2D eigenvalue weighted by Crippen LogP contribution is -2.04. The van der Waals surface area contributed by atoms with Gasteiger partial charge in [-0.15, -0.1) is 0 Å². The zero-order chi connectivity index (χ0) is 16.3. The average molecular weight is 294 g/mol. The van der Waals surface area contributed by atoms with Gasteiger partial charge in [0.2, 0.25) is 0 Å². The molecule has 0 saturated carbocycles. The molecular formula is C20H22O2. The number of hydrogen-bond acceptors (Lipinski definition) is 2. The van der Waals surface area contributed by atoms with Gasteiger partial charge in [0.25, 0.3) is 0 Å². The van der Waals surface area contributed by atoms with Crippen LogP contribution >= 0.6 is 0 Å². The summed E-state index contributed by atoms with van der Waals surface area (Å²) in [5.74, 6) is -0.316.